The highest BCUT2D eigenvalue weighted by atomic mass is 31.2. The number of fused-ring (bicyclic) bond motifs is 1. The lowest BCUT2D eigenvalue weighted by Gasteiger charge is -2.32. The molecule has 5 rings (SSSR count). The van der Waals surface area contributed by atoms with Gasteiger partial charge in [0.25, 0.3) is 0 Å². The van der Waals surface area contributed by atoms with Crippen molar-refractivity contribution in [1.29, 1.82) is 0 Å². The minimum absolute atomic E-state index is 0.00303. The first-order valence-electron chi connectivity index (χ1n) is 24.9. The van der Waals surface area contributed by atoms with Crippen molar-refractivity contribution in [3.8, 4) is 5.75 Å². The van der Waals surface area contributed by atoms with Crippen molar-refractivity contribution in [1.82, 2.24) is 25.0 Å². The van der Waals surface area contributed by atoms with Crippen LogP contribution in [0.25, 0.3) is 5.52 Å². The number of ether oxygens (including phenoxy) is 6. The van der Waals surface area contributed by atoms with Crippen LogP contribution in [0.3, 0.4) is 0 Å². The number of benzene rings is 2. The molecule has 74 heavy (non-hydrogen) atoms. The molecular formula is C52H72N7O14P. The average molecular weight is 1050 g/mol. The number of hydrogen-bond donors (Lipinski definition) is 3. The maximum atomic E-state index is 15.2. The van der Waals surface area contributed by atoms with E-state index in [1.54, 1.807) is 64.1 Å². The van der Waals surface area contributed by atoms with Crippen LogP contribution in [-0.4, -0.2) is 108 Å². The lowest BCUT2D eigenvalue weighted by Crippen LogP contribution is -2.48. The second kappa shape index (κ2) is 27.2. The van der Waals surface area contributed by atoms with Crippen LogP contribution in [0.1, 0.15) is 98.4 Å². The maximum absolute atomic E-state index is 15.2. The quantitative estimate of drug-likeness (QED) is 0.0228. The molecule has 0 aliphatic carbocycles. The number of anilines is 1. The van der Waals surface area contributed by atoms with E-state index < -0.39 is 92.2 Å². The van der Waals surface area contributed by atoms with Crippen molar-refractivity contribution >= 4 is 55.3 Å². The van der Waals surface area contributed by atoms with Crippen LogP contribution in [0, 0.1) is 23.7 Å². The van der Waals surface area contributed by atoms with Gasteiger partial charge >= 0.3 is 37.7 Å². The summed E-state index contributed by atoms with van der Waals surface area (Å²) in [7, 11) is -3.23. The van der Waals surface area contributed by atoms with Gasteiger partial charge in [0.2, 0.25) is 0 Å². The topological polar surface area (TPSA) is 269 Å². The van der Waals surface area contributed by atoms with Gasteiger partial charge in [-0.05, 0) is 60.6 Å². The highest BCUT2D eigenvalue weighted by molar-refractivity contribution is 7.52. The Hall–Kier alpha value is -6.41. The first-order chi connectivity index (χ1) is 35.2. The molecule has 0 saturated carbocycles. The smallest absolute Gasteiger partial charge is 0.459 e. The Balaban J connectivity index is 1.48. The Morgan fingerprint density at radius 1 is 0.851 bits per heavy atom. The highest BCUT2D eigenvalue weighted by Crippen LogP contribution is 2.48. The van der Waals surface area contributed by atoms with E-state index >= 15 is 4.57 Å². The van der Waals surface area contributed by atoms with Crippen molar-refractivity contribution in [2.75, 3.05) is 32.6 Å². The molecule has 4 aromatic rings. The summed E-state index contributed by atoms with van der Waals surface area (Å²) >= 11 is 0. The molecule has 7 atom stereocenters. The van der Waals surface area contributed by atoms with Crippen molar-refractivity contribution in [2.24, 2.45) is 28.7 Å². The molecule has 1 saturated heterocycles. The zero-order chi connectivity index (χ0) is 54.2. The number of hydrogen-bond acceptors (Lipinski definition) is 18. The molecule has 1 aliphatic heterocycles. The largest absolute Gasteiger partial charge is 0.464 e. The number of nitrogens with zero attached hydrogens (tertiary/aromatic N) is 4. The van der Waals surface area contributed by atoms with Crippen molar-refractivity contribution < 1.29 is 66.0 Å². The number of carbonyl (C=O) groups is 5. The van der Waals surface area contributed by atoms with Crippen LogP contribution < -0.4 is 20.7 Å². The molecule has 3 heterocycles. The van der Waals surface area contributed by atoms with E-state index in [-0.39, 0.29) is 55.3 Å². The van der Waals surface area contributed by atoms with Gasteiger partial charge in [0.15, 0.2) is 23.6 Å². The SMILES string of the molecule is CCC(CC)COC(=O)[C@H](C)NP(=O)(OC[C@H]1O[C@@](/C=N\C)(c2ccc3c(N)ncnn23)[C@H](OC(=O)C(C)C)[C@@H]1OC(=O)C(C)C)Oc1ccc(C[C@H](NC(=O)OCc2ccccc2)C(=O)OCCC(C)C)cc1. The number of esters is 4. The van der Waals surface area contributed by atoms with Gasteiger partial charge in [0.05, 0.1) is 37.4 Å². The molecule has 0 radical (unpaired) electrons. The van der Waals surface area contributed by atoms with Crippen LogP contribution in [0.5, 0.6) is 5.75 Å². The third-order valence-corrected chi connectivity index (χ3v) is 13.8. The number of aromatic nitrogens is 3. The van der Waals surface area contributed by atoms with Crippen LogP contribution in [0.15, 0.2) is 78.0 Å². The molecule has 2 aromatic carbocycles. The zero-order valence-corrected chi connectivity index (χ0v) is 44.8. The molecule has 22 heteroatoms. The van der Waals surface area contributed by atoms with Crippen LogP contribution in [0.2, 0.25) is 0 Å². The Morgan fingerprint density at radius 3 is 2.16 bits per heavy atom. The normalized spacial score (nSPS) is 19.4. The van der Waals surface area contributed by atoms with Gasteiger partial charge in [-0.15, -0.1) is 0 Å². The second-order valence-electron chi connectivity index (χ2n) is 19.1. The van der Waals surface area contributed by atoms with Crippen LogP contribution in [-0.2, 0) is 75.3 Å². The average Bonchev–Trinajstić information content (AvgIpc) is 3.93. The molecule has 21 nitrogen and oxygen atoms in total. The van der Waals surface area contributed by atoms with Gasteiger partial charge in [0.1, 0.15) is 42.4 Å². The molecule has 0 spiro atoms. The van der Waals surface area contributed by atoms with Gasteiger partial charge in [-0.3, -0.25) is 23.9 Å². The lowest BCUT2D eigenvalue weighted by molar-refractivity contribution is -0.172. The summed E-state index contributed by atoms with van der Waals surface area (Å²) in [6.07, 6.45) is -0.335. The minimum Gasteiger partial charge on any atom is -0.464 e. The number of nitrogens with one attached hydrogen (secondary N) is 2. The molecule has 1 unspecified atom stereocenters. The van der Waals surface area contributed by atoms with E-state index in [1.807, 2.05) is 45.9 Å². The monoisotopic (exact) mass is 1050 g/mol. The van der Waals surface area contributed by atoms with Gasteiger partial charge in [-0.25, -0.2) is 23.7 Å². The standard InChI is InChI=1S/C52H72N7O14P/c1-11-36(12-2)27-67-49(62)35(9)58-74(65,73-39-20-18-37(19-21-39)26-40(50(63)66-25-24-32(3)4)57-51(64)68-28-38-16-14-13-15-17-38)69-29-42-44(70-47(60)33(5)6)45(71-48(61)34(7)8)52(72-42,30-54-10)43-23-22-41-46(53)55-31-56-59(41)43/h13-23,30-36,40,42,44-45H,11-12,24-29H2,1-10H3,(H,57,64)(H,58,65)(H2,53,55,56)/b54-30-/t35-,40-,42+,44+,45+,52-,74?/m0/s1. The highest BCUT2D eigenvalue weighted by Gasteiger charge is 2.61. The predicted molar refractivity (Wildman–Crippen MR) is 274 cm³/mol. The number of nitrogens with two attached hydrogens (primary N) is 1. The Morgan fingerprint density at radius 2 is 1.53 bits per heavy atom. The maximum Gasteiger partial charge on any atom is 0.459 e. The number of nitrogen functional groups attached to an aromatic ring is 1. The van der Waals surface area contributed by atoms with Gasteiger partial charge in [0, 0.05) is 19.7 Å². The van der Waals surface area contributed by atoms with E-state index in [9.17, 15) is 24.0 Å². The Labute approximate surface area is 432 Å². The van der Waals surface area contributed by atoms with E-state index in [0.717, 1.165) is 18.4 Å². The molecule has 404 valence electrons. The van der Waals surface area contributed by atoms with E-state index in [4.69, 9.17) is 43.2 Å². The number of carbonyl (C=O) groups excluding carboxylic acids is 5. The first-order valence-corrected chi connectivity index (χ1v) is 26.5. The fourth-order valence-electron chi connectivity index (χ4n) is 7.65. The van der Waals surface area contributed by atoms with Gasteiger partial charge in [-0.1, -0.05) is 111 Å². The summed E-state index contributed by atoms with van der Waals surface area (Å²) in [6, 6.07) is 16.0. The van der Waals surface area contributed by atoms with E-state index in [1.165, 1.54) is 43.2 Å². The van der Waals surface area contributed by atoms with Gasteiger partial charge in [-0.2, -0.15) is 10.2 Å². The first kappa shape index (κ1) is 58.5. The number of aliphatic imine (C=N–C) groups is 1. The van der Waals surface area contributed by atoms with Gasteiger partial charge < -0.3 is 44.0 Å². The number of rotatable bonds is 27. The van der Waals surface area contributed by atoms with Crippen LogP contribution >= 0.6 is 7.75 Å². The van der Waals surface area contributed by atoms with E-state index in [2.05, 4.69) is 25.5 Å². The molecule has 2 aromatic heterocycles. The third kappa shape index (κ3) is 15.8. The molecule has 1 amide bonds. The summed E-state index contributed by atoms with van der Waals surface area (Å²) < 4.78 is 64.6. The molecule has 1 fully saturated rings. The predicted octanol–water partition coefficient (Wildman–Crippen LogP) is 7.33. The zero-order valence-electron chi connectivity index (χ0n) is 43.9. The van der Waals surface area contributed by atoms with Crippen molar-refractivity contribution in [2.45, 2.75) is 131 Å². The fourth-order valence-corrected chi connectivity index (χ4v) is 9.15. The summed E-state index contributed by atoms with van der Waals surface area (Å²) in [5.74, 6) is -3.56. The summed E-state index contributed by atoms with van der Waals surface area (Å²) in [6.45, 7) is 15.5. The van der Waals surface area contributed by atoms with Crippen molar-refractivity contribution in [3.05, 3.63) is 89.9 Å². The number of alkyl carbamates (subject to hydrolysis) is 1. The minimum atomic E-state index is -4.70. The molecule has 1 aliphatic rings. The van der Waals surface area contributed by atoms with Crippen molar-refractivity contribution in [3.63, 3.8) is 0 Å². The Kier molecular flexibility index (Phi) is 21.5. The third-order valence-electron chi connectivity index (χ3n) is 12.1. The second-order valence-corrected chi connectivity index (χ2v) is 20.8. The van der Waals surface area contributed by atoms with E-state index in [0.29, 0.717) is 17.5 Å². The molecule has 0 bridgehead atoms. The molecular weight excluding hydrogens is 978 g/mol. The molecule has 4 N–H and O–H groups in total. The summed E-state index contributed by atoms with van der Waals surface area (Å²) in [5.41, 5.74) is 6.33. The summed E-state index contributed by atoms with van der Waals surface area (Å²) in [4.78, 5) is 75.3. The van der Waals surface area contributed by atoms with Crippen LogP contribution in [0.4, 0.5) is 10.6 Å². The fraction of sp³-hybridized carbons (Fsp3) is 0.538. The number of amides is 1. The Bertz CT molecular complexity index is 2570. The summed E-state index contributed by atoms with van der Waals surface area (Å²) in [5, 5.41) is 9.72. The lowest BCUT2D eigenvalue weighted by atomic mass is 9.91.